The lowest BCUT2D eigenvalue weighted by Crippen LogP contribution is -2.07. The van der Waals surface area contributed by atoms with Crippen LogP contribution in [0.3, 0.4) is 0 Å². The molecule has 6 heteroatoms. The molecule has 29 heavy (non-hydrogen) atoms. The van der Waals surface area contributed by atoms with E-state index in [1.807, 2.05) is 43.3 Å². The van der Waals surface area contributed by atoms with Gasteiger partial charge in [-0.15, -0.1) is 0 Å². The van der Waals surface area contributed by atoms with Gasteiger partial charge >= 0.3 is 5.97 Å². The van der Waals surface area contributed by atoms with Gasteiger partial charge in [0, 0.05) is 29.8 Å². The quantitative estimate of drug-likeness (QED) is 0.438. The highest BCUT2D eigenvalue weighted by Crippen LogP contribution is 2.25. The molecule has 0 aliphatic heterocycles. The molecule has 3 aromatic heterocycles. The summed E-state index contributed by atoms with van der Waals surface area (Å²) in [5.74, 6) is 0.826. The molecule has 0 unspecified atom stereocenters. The summed E-state index contributed by atoms with van der Waals surface area (Å²) in [6, 6.07) is 13.0. The maximum Gasteiger partial charge on any atom is 0.339 e. The minimum absolute atomic E-state index is 0.0443. The molecule has 4 aromatic rings. The first-order chi connectivity index (χ1) is 14.2. The molecule has 0 radical (unpaired) electrons. The van der Waals surface area contributed by atoms with Gasteiger partial charge in [0.1, 0.15) is 0 Å². The van der Waals surface area contributed by atoms with Gasteiger partial charge in [-0.05, 0) is 37.6 Å². The van der Waals surface area contributed by atoms with Crippen LogP contribution in [-0.2, 0) is 17.8 Å². The molecule has 0 saturated heterocycles. The Kier molecular flexibility index (Phi) is 5.33. The number of ether oxygens (including phenoxy) is 1. The number of benzene rings is 1. The summed E-state index contributed by atoms with van der Waals surface area (Å²) >= 11 is 0. The van der Waals surface area contributed by atoms with E-state index in [1.165, 1.54) is 0 Å². The second-order valence-electron chi connectivity index (χ2n) is 6.75. The van der Waals surface area contributed by atoms with E-state index in [0.29, 0.717) is 22.9 Å². The molecule has 0 aliphatic carbocycles. The maximum absolute atomic E-state index is 12.9. The van der Waals surface area contributed by atoms with Gasteiger partial charge < -0.3 is 9.15 Å². The highest BCUT2D eigenvalue weighted by atomic mass is 16.5. The molecule has 0 fully saturated rings. The Morgan fingerprint density at radius 2 is 1.90 bits per heavy atom. The van der Waals surface area contributed by atoms with Gasteiger partial charge in [-0.1, -0.05) is 25.1 Å². The first-order valence-corrected chi connectivity index (χ1v) is 9.58. The number of aryl methyl sites for hydroxylation is 2. The third kappa shape index (κ3) is 4.01. The Labute approximate surface area is 168 Å². The molecule has 0 aliphatic rings. The number of pyridine rings is 2. The fraction of sp³-hybridized carbons (Fsp3) is 0.217. The Bertz CT molecular complexity index is 1150. The topological polar surface area (TPSA) is 78.1 Å². The summed E-state index contributed by atoms with van der Waals surface area (Å²) in [5, 5.41) is 0.747. The van der Waals surface area contributed by atoms with Crippen LogP contribution in [0.5, 0.6) is 0 Å². The maximum atomic E-state index is 12.9. The zero-order valence-electron chi connectivity index (χ0n) is 16.4. The molecule has 146 valence electrons. The SMILES string of the molecule is CCCc1nc(C)c(COC(=O)c2cc(-c3ccncc3)nc3ccccc23)o1. The molecule has 0 atom stereocenters. The number of carbonyl (C=O) groups is 1. The van der Waals surface area contributed by atoms with Crippen LogP contribution in [0.4, 0.5) is 0 Å². The number of rotatable bonds is 6. The van der Waals surface area contributed by atoms with Gasteiger partial charge in [-0.25, -0.2) is 14.8 Å². The fourth-order valence-electron chi connectivity index (χ4n) is 3.17. The minimum Gasteiger partial charge on any atom is -0.454 e. The lowest BCUT2D eigenvalue weighted by Gasteiger charge is -2.09. The molecular weight excluding hydrogens is 366 g/mol. The Morgan fingerprint density at radius 3 is 2.69 bits per heavy atom. The molecule has 1 aromatic carbocycles. The van der Waals surface area contributed by atoms with Crippen LogP contribution in [0.15, 0.2) is 59.3 Å². The number of oxazole rings is 1. The zero-order valence-corrected chi connectivity index (χ0v) is 16.4. The van der Waals surface area contributed by atoms with Crippen molar-refractivity contribution in [1.29, 1.82) is 0 Å². The first kappa shape index (κ1) is 18.8. The van der Waals surface area contributed by atoms with Crippen LogP contribution in [0.25, 0.3) is 22.2 Å². The van der Waals surface area contributed by atoms with Crippen molar-refractivity contribution in [2.75, 3.05) is 0 Å². The third-order valence-corrected chi connectivity index (χ3v) is 4.65. The minimum atomic E-state index is -0.424. The largest absolute Gasteiger partial charge is 0.454 e. The van der Waals surface area contributed by atoms with Gasteiger partial charge in [0.2, 0.25) is 0 Å². The van der Waals surface area contributed by atoms with Crippen molar-refractivity contribution in [2.45, 2.75) is 33.3 Å². The summed E-state index contributed by atoms with van der Waals surface area (Å²) in [6.07, 6.45) is 5.11. The van der Waals surface area contributed by atoms with E-state index in [1.54, 1.807) is 18.5 Å². The molecule has 3 heterocycles. The third-order valence-electron chi connectivity index (χ3n) is 4.65. The molecule has 0 N–H and O–H groups in total. The van der Waals surface area contributed by atoms with Crippen LogP contribution in [0, 0.1) is 6.92 Å². The number of para-hydroxylation sites is 1. The number of hydrogen-bond acceptors (Lipinski definition) is 6. The van der Waals surface area contributed by atoms with E-state index < -0.39 is 5.97 Å². The Morgan fingerprint density at radius 1 is 1.10 bits per heavy atom. The van der Waals surface area contributed by atoms with Crippen LogP contribution in [0.1, 0.15) is 41.0 Å². The van der Waals surface area contributed by atoms with E-state index in [0.717, 1.165) is 35.0 Å². The molecule has 0 bridgehead atoms. The number of nitrogens with zero attached hydrogens (tertiary/aromatic N) is 3. The molecule has 6 nitrogen and oxygen atoms in total. The summed E-state index contributed by atoms with van der Waals surface area (Å²) in [6.45, 7) is 3.96. The van der Waals surface area contributed by atoms with E-state index >= 15 is 0 Å². The fourth-order valence-corrected chi connectivity index (χ4v) is 3.17. The zero-order chi connectivity index (χ0) is 20.2. The Hall–Kier alpha value is -3.54. The van der Waals surface area contributed by atoms with Crippen molar-refractivity contribution < 1.29 is 13.9 Å². The van der Waals surface area contributed by atoms with Crippen LogP contribution >= 0.6 is 0 Å². The normalized spacial score (nSPS) is 11.0. The highest BCUT2D eigenvalue weighted by Gasteiger charge is 2.17. The molecular formula is C23H21N3O3. The summed E-state index contributed by atoms with van der Waals surface area (Å²) < 4.78 is 11.3. The number of aromatic nitrogens is 3. The van der Waals surface area contributed by atoms with E-state index in [2.05, 4.69) is 21.9 Å². The lowest BCUT2D eigenvalue weighted by atomic mass is 10.0. The molecule has 0 saturated carbocycles. The van der Waals surface area contributed by atoms with Crippen LogP contribution < -0.4 is 0 Å². The summed E-state index contributed by atoms with van der Waals surface area (Å²) in [5.41, 5.74) is 3.52. The van der Waals surface area contributed by atoms with E-state index in [9.17, 15) is 4.79 Å². The van der Waals surface area contributed by atoms with E-state index in [-0.39, 0.29) is 6.61 Å². The van der Waals surface area contributed by atoms with E-state index in [4.69, 9.17) is 9.15 Å². The van der Waals surface area contributed by atoms with Gasteiger partial charge in [0.25, 0.3) is 0 Å². The van der Waals surface area contributed by atoms with Gasteiger partial charge in [0.05, 0.1) is 22.5 Å². The van der Waals surface area contributed by atoms with Gasteiger partial charge in [-0.2, -0.15) is 0 Å². The van der Waals surface area contributed by atoms with Crippen molar-refractivity contribution in [2.24, 2.45) is 0 Å². The van der Waals surface area contributed by atoms with Crippen molar-refractivity contribution in [3.8, 4) is 11.3 Å². The number of carbonyl (C=O) groups excluding carboxylic acids is 1. The van der Waals surface area contributed by atoms with Crippen LogP contribution in [-0.4, -0.2) is 20.9 Å². The van der Waals surface area contributed by atoms with Crippen molar-refractivity contribution >= 4 is 16.9 Å². The predicted molar refractivity (Wildman–Crippen MR) is 109 cm³/mol. The lowest BCUT2D eigenvalue weighted by molar-refractivity contribution is 0.0445. The summed E-state index contributed by atoms with van der Waals surface area (Å²) in [7, 11) is 0. The molecule has 0 amide bonds. The second kappa shape index (κ2) is 8.22. The van der Waals surface area contributed by atoms with Crippen molar-refractivity contribution in [3.63, 3.8) is 0 Å². The molecule has 0 spiro atoms. The monoisotopic (exact) mass is 387 g/mol. The number of esters is 1. The van der Waals surface area contributed by atoms with Crippen molar-refractivity contribution in [1.82, 2.24) is 15.0 Å². The molecule has 4 rings (SSSR count). The first-order valence-electron chi connectivity index (χ1n) is 9.58. The van der Waals surface area contributed by atoms with Gasteiger partial charge in [-0.3, -0.25) is 4.98 Å². The van der Waals surface area contributed by atoms with Crippen molar-refractivity contribution in [3.05, 3.63) is 77.8 Å². The number of fused-ring (bicyclic) bond motifs is 1. The van der Waals surface area contributed by atoms with Crippen LogP contribution in [0.2, 0.25) is 0 Å². The van der Waals surface area contributed by atoms with Gasteiger partial charge in [0.15, 0.2) is 18.3 Å². The average Bonchev–Trinajstić information content (AvgIpc) is 3.11. The smallest absolute Gasteiger partial charge is 0.339 e. The Balaban J connectivity index is 1.64. The highest BCUT2D eigenvalue weighted by molar-refractivity contribution is 6.04. The average molecular weight is 387 g/mol. The standard InChI is InChI=1S/C23H21N3O3/c1-3-6-22-25-15(2)21(29-22)14-28-23(27)18-13-20(16-9-11-24-12-10-16)26-19-8-5-4-7-17(18)19/h4-5,7-13H,3,6,14H2,1-2H3. The second-order valence-corrected chi connectivity index (χ2v) is 6.75. The predicted octanol–water partition coefficient (Wildman–Crippen LogP) is 4.90. The summed E-state index contributed by atoms with van der Waals surface area (Å²) in [4.78, 5) is 26.0. The number of hydrogen-bond donors (Lipinski definition) is 0.